The summed E-state index contributed by atoms with van der Waals surface area (Å²) in [5, 5.41) is 0. The molecule has 0 aliphatic rings. The van der Waals surface area contributed by atoms with E-state index in [1.165, 1.54) is 6.07 Å². The number of nitrogen functional groups attached to an aromatic ring is 1. The van der Waals surface area contributed by atoms with Gasteiger partial charge in [0.15, 0.2) is 0 Å². The van der Waals surface area contributed by atoms with E-state index in [1.54, 1.807) is 18.2 Å². The van der Waals surface area contributed by atoms with Crippen LogP contribution >= 0.6 is 0 Å². The van der Waals surface area contributed by atoms with Crippen molar-refractivity contribution in [3.8, 4) is 0 Å². The van der Waals surface area contributed by atoms with Crippen LogP contribution in [-0.4, -0.2) is 14.0 Å². The molecule has 4 N–H and O–H groups in total. The molecule has 0 saturated heterocycles. The average Bonchev–Trinajstić information content (AvgIpc) is 2.27. The number of benzene rings is 1. The molecule has 0 aliphatic carbocycles. The summed E-state index contributed by atoms with van der Waals surface area (Å²) in [6.45, 7) is 5.75. The number of nitrogens with two attached hydrogens (primary N) is 1. The van der Waals surface area contributed by atoms with Gasteiger partial charge in [0.05, 0.1) is 5.69 Å². The molecule has 0 fully saturated rings. The Balaban J connectivity index is 3.07. The molecule has 0 atom stereocenters. The van der Waals surface area contributed by atoms with Gasteiger partial charge in [-0.2, -0.15) is 0 Å². The lowest BCUT2D eigenvalue weighted by molar-refractivity contribution is 0.418. The highest BCUT2D eigenvalue weighted by molar-refractivity contribution is 7.89. The smallest absolute Gasteiger partial charge is 0.243 e. The van der Waals surface area contributed by atoms with Crippen LogP contribution in [0.4, 0.5) is 5.69 Å². The second-order valence-electron chi connectivity index (χ2n) is 4.88. The van der Waals surface area contributed by atoms with Crippen molar-refractivity contribution in [3.63, 3.8) is 0 Å². The van der Waals surface area contributed by atoms with E-state index in [0.29, 0.717) is 5.69 Å². The van der Waals surface area contributed by atoms with Crippen LogP contribution in [0.15, 0.2) is 29.2 Å². The molecule has 0 heterocycles. The van der Waals surface area contributed by atoms with Gasteiger partial charge in [-0.25, -0.2) is 13.1 Å². The van der Waals surface area contributed by atoms with Crippen LogP contribution in [0.1, 0.15) is 33.6 Å². The van der Waals surface area contributed by atoms with Gasteiger partial charge in [-0.15, -0.1) is 0 Å². The van der Waals surface area contributed by atoms with Crippen molar-refractivity contribution < 1.29 is 8.42 Å². The molecule has 5 nitrogen and oxygen atoms in total. The van der Waals surface area contributed by atoms with Crippen molar-refractivity contribution in [3.05, 3.63) is 24.3 Å². The van der Waals surface area contributed by atoms with E-state index in [-0.39, 0.29) is 4.90 Å². The Labute approximate surface area is 109 Å². The van der Waals surface area contributed by atoms with E-state index in [0.717, 1.165) is 12.8 Å². The highest BCUT2D eigenvalue weighted by Crippen LogP contribution is 2.22. The molecular formula is C12H21N3O2S. The Morgan fingerprint density at radius 1 is 1.28 bits per heavy atom. The van der Waals surface area contributed by atoms with Crippen LogP contribution in [0, 0.1) is 0 Å². The lowest BCUT2D eigenvalue weighted by atomic mass is 10.0. The number of anilines is 1. The lowest BCUT2D eigenvalue weighted by Gasteiger charge is -2.26. The van der Waals surface area contributed by atoms with E-state index in [1.807, 2.05) is 20.8 Å². The Kier molecular flexibility index (Phi) is 4.72. The molecule has 102 valence electrons. The first kappa shape index (κ1) is 14.9. The monoisotopic (exact) mass is 271 g/mol. The number of hydrogen-bond acceptors (Lipinski definition) is 4. The molecule has 1 aromatic rings. The predicted octanol–water partition coefficient (Wildman–Crippen LogP) is 1.83. The maximum Gasteiger partial charge on any atom is 0.243 e. The first-order chi connectivity index (χ1) is 8.32. The maximum atomic E-state index is 12.3. The Bertz CT molecular complexity index is 498. The zero-order valence-electron chi connectivity index (χ0n) is 11.0. The number of rotatable bonds is 6. The van der Waals surface area contributed by atoms with Crippen LogP contribution in [0.5, 0.6) is 0 Å². The van der Waals surface area contributed by atoms with Crippen molar-refractivity contribution in [2.75, 3.05) is 5.43 Å². The molecule has 0 spiro atoms. The minimum atomic E-state index is -3.58. The first-order valence-corrected chi connectivity index (χ1v) is 7.40. The van der Waals surface area contributed by atoms with Gasteiger partial charge in [-0.05, 0) is 32.4 Å². The van der Waals surface area contributed by atoms with Crippen molar-refractivity contribution in [1.29, 1.82) is 0 Å². The summed E-state index contributed by atoms with van der Waals surface area (Å²) in [7, 11) is -3.58. The zero-order valence-corrected chi connectivity index (χ0v) is 11.8. The molecule has 1 aromatic carbocycles. The topological polar surface area (TPSA) is 84.2 Å². The third kappa shape index (κ3) is 3.69. The van der Waals surface area contributed by atoms with E-state index >= 15 is 0 Å². The Hall–Kier alpha value is -1.11. The average molecular weight is 271 g/mol. The minimum Gasteiger partial charge on any atom is -0.323 e. The van der Waals surface area contributed by atoms with Gasteiger partial charge in [-0.1, -0.05) is 25.5 Å². The third-order valence-electron chi connectivity index (χ3n) is 2.62. The normalized spacial score (nSPS) is 12.4. The van der Waals surface area contributed by atoms with Gasteiger partial charge in [0, 0.05) is 5.54 Å². The summed E-state index contributed by atoms with van der Waals surface area (Å²) in [4.78, 5) is 0.164. The summed E-state index contributed by atoms with van der Waals surface area (Å²) < 4.78 is 27.3. The first-order valence-electron chi connectivity index (χ1n) is 5.92. The highest BCUT2D eigenvalue weighted by Gasteiger charge is 2.26. The summed E-state index contributed by atoms with van der Waals surface area (Å²) >= 11 is 0. The van der Waals surface area contributed by atoms with Crippen molar-refractivity contribution in [2.45, 2.75) is 44.0 Å². The Morgan fingerprint density at radius 3 is 2.44 bits per heavy atom. The van der Waals surface area contributed by atoms with E-state index < -0.39 is 15.6 Å². The molecule has 0 aromatic heterocycles. The second kappa shape index (κ2) is 5.69. The molecule has 0 bridgehead atoms. The molecule has 0 saturated carbocycles. The van der Waals surface area contributed by atoms with E-state index in [2.05, 4.69) is 10.1 Å². The van der Waals surface area contributed by atoms with Gasteiger partial charge in [-0.3, -0.25) is 5.84 Å². The summed E-state index contributed by atoms with van der Waals surface area (Å²) in [5.41, 5.74) is 2.31. The fourth-order valence-electron chi connectivity index (χ4n) is 1.91. The highest BCUT2D eigenvalue weighted by atomic mass is 32.2. The van der Waals surface area contributed by atoms with Gasteiger partial charge in [0.2, 0.25) is 10.0 Å². The Morgan fingerprint density at radius 2 is 1.89 bits per heavy atom. The third-order valence-corrected chi connectivity index (χ3v) is 4.37. The molecule has 1 rings (SSSR count). The summed E-state index contributed by atoms with van der Waals surface area (Å²) in [6, 6.07) is 6.55. The molecule has 0 amide bonds. The molecule has 18 heavy (non-hydrogen) atoms. The molecule has 0 radical (unpaired) electrons. The van der Waals surface area contributed by atoms with Crippen molar-refractivity contribution in [1.82, 2.24) is 4.72 Å². The number of para-hydroxylation sites is 1. The van der Waals surface area contributed by atoms with Crippen LogP contribution in [0.2, 0.25) is 0 Å². The number of nitrogens with one attached hydrogen (secondary N) is 2. The van der Waals surface area contributed by atoms with Crippen LogP contribution in [0.3, 0.4) is 0 Å². The zero-order chi connectivity index (χ0) is 13.8. The second-order valence-corrected chi connectivity index (χ2v) is 6.53. The summed E-state index contributed by atoms with van der Waals surface area (Å²) in [5.74, 6) is 5.33. The molecule has 6 heteroatoms. The number of hydrogen-bond donors (Lipinski definition) is 3. The van der Waals surface area contributed by atoms with Crippen LogP contribution in [0.25, 0.3) is 0 Å². The molecular weight excluding hydrogens is 250 g/mol. The van der Waals surface area contributed by atoms with Gasteiger partial charge < -0.3 is 5.43 Å². The van der Waals surface area contributed by atoms with E-state index in [4.69, 9.17) is 5.84 Å². The van der Waals surface area contributed by atoms with Gasteiger partial charge in [0.1, 0.15) is 4.90 Å². The predicted molar refractivity (Wildman–Crippen MR) is 73.6 cm³/mol. The fourth-order valence-corrected chi connectivity index (χ4v) is 3.53. The molecule has 0 unspecified atom stereocenters. The van der Waals surface area contributed by atoms with Crippen LogP contribution < -0.4 is 16.0 Å². The molecule has 0 aliphatic heterocycles. The van der Waals surface area contributed by atoms with Gasteiger partial charge >= 0.3 is 0 Å². The SMILES string of the molecule is CCCC(C)(C)NS(=O)(=O)c1ccccc1NN. The fraction of sp³-hybridized carbons (Fsp3) is 0.500. The lowest BCUT2D eigenvalue weighted by Crippen LogP contribution is -2.43. The number of hydrazine groups is 1. The quantitative estimate of drug-likeness (QED) is 0.544. The maximum absolute atomic E-state index is 12.3. The van der Waals surface area contributed by atoms with Crippen molar-refractivity contribution in [2.24, 2.45) is 5.84 Å². The number of sulfonamides is 1. The minimum absolute atomic E-state index is 0.164. The van der Waals surface area contributed by atoms with Crippen molar-refractivity contribution >= 4 is 15.7 Å². The van der Waals surface area contributed by atoms with Crippen LogP contribution in [-0.2, 0) is 10.0 Å². The van der Waals surface area contributed by atoms with E-state index in [9.17, 15) is 8.42 Å². The van der Waals surface area contributed by atoms with Gasteiger partial charge in [0.25, 0.3) is 0 Å². The largest absolute Gasteiger partial charge is 0.323 e. The standard InChI is InChI=1S/C12H21N3O2S/c1-4-9-12(2,3)15-18(16,17)11-8-6-5-7-10(11)14-13/h5-8,14-15H,4,9,13H2,1-3H3. The summed E-state index contributed by atoms with van der Waals surface area (Å²) in [6.07, 6.45) is 1.68.